The van der Waals surface area contributed by atoms with Crippen LogP contribution in [0.2, 0.25) is 0 Å². The number of hydrogen-bond donors (Lipinski definition) is 0. The fourth-order valence-corrected chi connectivity index (χ4v) is 6.53. The summed E-state index contributed by atoms with van der Waals surface area (Å²) in [5.74, 6) is 1.31. The summed E-state index contributed by atoms with van der Waals surface area (Å²) in [7, 11) is 0. The van der Waals surface area contributed by atoms with Crippen molar-refractivity contribution in [1.82, 2.24) is 19.5 Å². The molecular weight excluding hydrogens is 473 g/mol. The Labute approximate surface area is 207 Å². The summed E-state index contributed by atoms with van der Waals surface area (Å²) >= 11 is 1.46. The minimum Gasteiger partial charge on any atom is -0.297 e. The summed E-state index contributed by atoms with van der Waals surface area (Å²) in [6.45, 7) is 2.71. The fraction of sp³-hybridized carbons (Fsp3) is 0.577. The predicted octanol–water partition coefficient (Wildman–Crippen LogP) is 6.11. The molecule has 0 unspecified atom stereocenters. The van der Waals surface area contributed by atoms with E-state index in [1.54, 1.807) is 10.7 Å². The normalized spacial score (nSPS) is 21.3. The molecule has 9 heteroatoms. The maximum atomic E-state index is 12.9. The number of thiazole rings is 1. The molecule has 3 aromatic heterocycles. The van der Waals surface area contributed by atoms with Gasteiger partial charge in [-0.3, -0.25) is 9.69 Å². The minimum atomic E-state index is -4.13. The number of Topliss-reactive ketones (excluding diaryl/α,β-unsaturated/α-hetero) is 1. The quantitative estimate of drug-likeness (QED) is 0.347. The first-order valence-electron chi connectivity index (χ1n) is 12.6. The number of carbonyl (C=O) groups excluding carboxylic acids is 1. The highest BCUT2D eigenvalue weighted by Gasteiger charge is 2.29. The lowest BCUT2D eigenvalue weighted by Crippen LogP contribution is -2.32. The number of fused-ring (bicyclic) bond motifs is 2. The van der Waals surface area contributed by atoms with E-state index in [0.717, 1.165) is 79.8 Å². The molecule has 4 heterocycles. The summed E-state index contributed by atoms with van der Waals surface area (Å²) in [5, 5.41) is 4.91. The van der Waals surface area contributed by atoms with Crippen LogP contribution in [0.1, 0.15) is 70.9 Å². The molecule has 0 radical (unpaired) electrons. The maximum Gasteiger partial charge on any atom is 0.389 e. The first kappa shape index (κ1) is 24.4. The van der Waals surface area contributed by atoms with E-state index in [4.69, 9.17) is 0 Å². The molecule has 1 aliphatic carbocycles. The van der Waals surface area contributed by atoms with E-state index in [1.165, 1.54) is 11.3 Å². The van der Waals surface area contributed by atoms with Gasteiger partial charge in [0.15, 0.2) is 5.78 Å². The molecule has 0 aromatic carbocycles. The van der Waals surface area contributed by atoms with E-state index in [2.05, 4.69) is 15.0 Å². The zero-order valence-electron chi connectivity index (χ0n) is 19.8. The van der Waals surface area contributed by atoms with Crippen LogP contribution in [0.25, 0.3) is 5.52 Å². The molecule has 188 valence electrons. The molecule has 1 fully saturated rings. The fourth-order valence-electron chi connectivity index (χ4n) is 5.46. The monoisotopic (exact) mass is 504 g/mol. The molecule has 35 heavy (non-hydrogen) atoms. The van der Waals surface area contributed by atoms with E-state index in [9.17, 15) is 18.0 Å². The van der Waals surface area contributed by atoms with Crippen molar-refractivity contribution >= 4 is 22.6 Å². The van der Waals surface area contributed by atoms with Crippen molar-refractivity contribution in [2.45, 2.75) is 70.5 Å². The average Bonchev–Trinajstić information content (AvgIpc) is 3.45. The lowest BCUT2D eigenvalue weighted by molar-refractivity contribution is -0.134. The van der Waals surface area contributed by atoms with Crippen molar-refractivity contribution in [1.29, 1.82) is 0 Å². The van der Waals surface area contributed by atoms with Gasteiger partial charge < -0.3 is 0 Å². The smallest absolute Gasteiger partial charge is 0.297 e. The van der Waals surface area contributed by atoms with Gasteiger partial charge in [0.2, 0.25) is 0 Å². The van der Waals surface area contributed by atoms with Crippen LogP contribution in [0.4, 0.5) is 13.2 Å². The van der Waals surface area contributed by atoms with E-state index >= 15 is 0 Å². The first-order chi connectivity index (χ1) is 16.8. The van der Waals surface area contributed by atoms with Crippen LogP contribution in [0.15, 0.2) is 30.6 Å². The summed E-state index contributed by atoms with van der Waals surface area (Å²) < 4.78 is 39.3. The number of aryl methyl sites for hydroxylation is 1. The molecular formula is C26H31F3N4OS. The third kappa shape index (κ3) is 6.12. The second-order valence-corrected chi connectivity index (χ2v) is 11.2. The number of pyridine rings is 1. The maximum absolute atomic E-state index is 12.9. The molecule has 0 atom stereocenters. The largest absolute Gasteiger partial charge is 0.389 e. The van der Waals surface area contributed by atoms with Crippen molar-refractivity contribution in [3.8, 4) is 0 Å². The van der Waals surface area contributed by atoms with Crippen LogP contribution < -0.4 is 0 Å². The van der Waals surface area contributed by atoms with E-state index < -0.39 is 12.6 Å². The summed E-state index contributed by atoms with van der Waals surface area (Å²) in [4.78, 5) is 20.9. The molecule has 2 aliphatic rings. The predicted molar refractivity (Wildman–Crippen MR) is 130 cm³/mol. The highest BCUT2D eigenvalue weighted by atomic mass is 32.1. The van der Waals surface area contributed by atoms with E-state index in [1.807, 2.05) is 24.4 Å². The molecule has 0 N–H and O–H groups in total. The van der Waals surface area contributed by atoms with E-state index in [-0.39, 0.29) is 12.2 Å². The van der Waals surface area contributed by atoms with Gasteiger partial charge in [0.05, 0.1) is 28.0 Å². The van der Waals surface area contributed by atoms with Crippen LogP contribution in [0, 0.1) is 11.8 Å². The van der Waals surface area contributed by atoms with Crippen molar-refractivity contribution in [3.63, 3.8) is 0 Å². The Balaban J connectivity index is 1.05. The van der Waals surface area contributed by atoms with Crippen molar-refractivity contribution < 1.29 is 18.0 Å². The van der Waals surface area contributed by atoms with Crippen LogP contribution in [-0.4, -0.2) is 44.5 Å². The Bertz CT molecular complexity index is 1160. The Morgan fingerprint density at radius 1 is 1.14 bits per heavy atom. The molecule has 5 nitrogen and oxygen atoms in total. The molecule has 0 amide bonds. The molecule has 1 aliphatic heterocycles. The van der Waals surface area contributed by atoms with Gasteiger partial charge in [-0.2, -0.15) is 18.3 Å². The van der Waals surface area contributed by atoms with Gasteiger partial charge in [-0.1, -0.05) is 18.9 Å². The number of halogens is 3. The highest BCUT2D eigenvalue weighted by molar-refractivity contribution is 7.11. The molecule has 1 saturated carbocycles. The highest BCUT2D eigenvalue weighted by Crippen LogP contribution is 2.34. The standard InChI is InChI=1S/C26H31F3N4OS/c27-26(28,29)11-8-25-31-21-17-32(14-10-24(21)35-25)13-9-18-4-6-19(7-5-18)15-23(34)20-16-30-33-12-2-1-3-22(20)33/h1-3,12,16,18-19H,4-11,13-15,17H2. The number of hydrogen-bond acceptors (Lipinski definition) is 5. The van der Waals surface area contributed by atoms with Crippen LogP contribution in [0.5, 0.6) is 0 Å². The molecule has 0 bridgehead atoms. The topological polar surface area (TPSA) is 50.5 Å². The summed E-state index contributed by atoms with van der Waals surface area (Å²) in [5.41, 5.74) is 2.58. The van der Waals surface area contributed by atoms with Crippen molar-refractivity contribution in [3.05, 3.63) is 51.7 Å². The number of carbonyl (C=O) groups is 1. The van der Waals surface area contributed by atoms with Gasteiger partial charge in [-0.25, -0.2) is 9.50 Å². The van der Waals surface area contributed by atoms with E-state index in [0.29, 0.717) is 23.3 Å². The number of rotatable bonds is 8. The third-order valence-corrected chi connectivity index (χ3v) is 8.71. The third-order valence-electron chi connectivity index (χ3n) is 7.49. The lowest BCUT2D eigenvalue weighted by Gasteiger charge is -2.31. The van der Waals surface area contributed by atoms with Gasteiger partial charge in [0, 0.05) is 43.4 Å². The summed E-state index contributed by atoms with van der Waals surface area (Å²) in [6.07, 6.45) is 5.73. The lowest BCUT2D eigenvalue weighted by atomic mass is 9.78. The zero-order chi connectivity index (χ0) is 24.4. The minimum absolute atomic E-state index is 0.00961. The molecule has 3 aromatic rings. The first-order valence-corrected chi connectivity index (χ1v) is 13.4. The number of aromatic nitrogens is 3. The SMILES string of the molecule is O=C(CC1CCC(CCN2CCc3sc(CCC(F)(F)F)nc3C2)CC1)c1cnn2ccccc12. The Morgan fingerprint density at radius 2 is 1.94 bits per heavy atom. The molecule has 5 rings (SSSR count). The Kier molecular flexibility index (Phi) is 7.25. The Hall–Kier alpha value is -2.26. The number of alkyl halides is 3. The summed E-state index contributed by atoms with van der Waals surface area (Å²) in [6, 6.07) is 5.78. The van der Waals surface area contributed by atoms with Crippen molar-refractivity contribution in [2.75, 3.05) is 13.1 Å². The van der Waals surface area contributed by atoms with Gasteiger partial charge in [-0.15, -0.1) is 11.3 Å². The van der Waals surface area contributed by atoms with Gasteiger partial charge in [0.25, 0.3) is 0 Å². The molecule has 0 saturated heterocycles. The van der Waals surface area contributed by atoms with Crippen molar-refractivity contribution in [2.24, 2.45) is 11.8 Å². The van der Waals surface area contributed by atoms with Gasteiger partial charge in [0.1, 0.15) is 0 Å². The van der Waals surface area contributed by atoms with Gasteiger partial charge in [-0.05, 0) is 56.2 Å². The van der Waals surface area contributed by atoms with Crippen LogP contribution in [0.3, 0.4) is 0 Å². The zero-order valence-corrected chi connectivity index (χ0v) is 20.6. The second kappa shape index (κ2) is 10.4. The number of ketones is 1. The average molecular weight is 505 g/mol. The second-order valence-electron chi connectivity index (χ2n) is 10.0. The number of nitrogens with zero attached hydrogens (tertiary/aromatic N) is 4. The van der Waals surface area contributed by atoms with Crippen LogP contribution in [-0.2, 0) is 19.4 Å². The van der Waals surface area contributed by atoms with Crippen LogP contribution >= 0.6 is 11.3 Å². The van der Waals surface area contributed by atoms with Gasteiger partial charge >= 0.3 is 6.18 Å². The molecule has 0 spiro atoms. The Morgan fingerprint density at radius 3 is 2.74 bits per heavy atom.